The molecule has 0 bridgehead atoms. The van der Waals surface area contributed by atoms with Gasteiger partial charge in [-0.3, -0.25) is 4.79 Å². The van der Waals surface area contributed by atoms with E-state index < -0.39 is 17.7 Å². The molecule has 192 valence electrons. The second kappa shape index (κ2) is 9.75. The number of likely N-dealkylation sites (tertiary alicyclic amines) is 1. The number of nitrogens with one attached hydrogen (secondary N) is 1. The summed E-state index contributed by atoms with van der Waals surface area (Å²) in [6.07, 6.45) is 4.17. The molecule has 0 atom stereocenters. The number of carboxylic acids is 1. The molecule has 37 heavy (non-hydrogen) atoms. The van der Waals surface area contributed by atoms with Gasteiger partial charge in [-0.1, -0.05) is 22.9 Å². The smallest absolute Gasteiger partial charge is 0.335 e. The van der Waals surface area contributed by atoms with Crippen LogP contribution >= 0.6 is 34.3 Å². The molecule has 2 fully saturated rings. The van der Waals surface area contributed by atoms with Crippen LogP contribution in [-0.2, 0) is 6.54 Å². The number of piperidine rings is 1. The zero-order valence-corrected chi connectivity index (χ0v) is 21.9. The van der Waals surface area contributed by atoms with E-state index in [1.807, 2.05) is 6.07 Å². The van der Waals surface area contributed by atoms with Gasteiger partial charge in [0.05, 0.1) is 26.8 Å². The lowest BCUT2D eigenvalue weighted by molar-refractivity contribution is 0.0696. The molecule has 0 radical (unpaired) electrons. The molecule has 6 rings (SSSR count). The molecule has 13 heteroatoms. The molecule has 0 unspecified atom stereocenters. The highest BCUT2D eigenvalue weighted by atomic mass is 35.5. The van der Waals surface area contributed by atoms with E-state index in [-0.39, 0.29) is 35.0 Å². The SMILES string of the molecule is O=C(O)c1cc(F)c2c(c1)nc(C(=O)NC1CCN(C3CC3)CC1)n2Cc1nnc(-c2ccc(Cl)s2)s1. The maximum Gasteiger partial charge on any atom is 0.335 e. The van der Waals surface area contributed by atoms with E-state index in [0.29, 0.717) is 20.4 Å². The first-order valence-corrected chi connectivity index (χ1v) is 13.9. The predicted molar refractivity (Wildman–Crippen MR) is 139 cm³/mol. The second-order valence-electron chi connectivity index (χ2n) is 9.27. The van der Waals surface area contributed by atoms with Crippen LogP contribution in [-0.4, -0.2) is 66.8 Å². The van der Waals surface area contributed by atoms with Crippen molar-refractivity contribution in [1.29, 1.82) is 0 Å². The highest BCUT2D eigenvalue weighted by Gasteiger charge is 2.33. The number of rotatable bonds is 7. The molecule has 2 aliphatic rings. The Hall–Kier alpha value is -2.93. The number of carbonyl (C=O) groups excluding carboxylic acids is 1. The molecule has 4 heterocycles. The summed E-state index contributed by atoms with van der Waals surface area (Å²) >= 11 is 8.73. The first-order valence-electron chi connectivity index (χ1n) is 11.9. The Balaban J connectivity index is 1.31. The molecule has 1 amide bonds. The molecule has 2 N–H and O–H groups in total. The van der Waals surface area contributed by atoms with E-state index in [2.05, 4.69) is 25.4 Å². The zero-order chi connectivity index (χ0) is 25.7. The lowest BCUT2D eigenvalue weighted by Gasteiger charge is -2.32. The van der Waals surface area contributed by atoms with Crippen molar-refractivity contribution in [3.63, 3.8) is 0 Å². The molecule has 1 saturated heterocycles. The Labute approximate surface area is 223 Å². The van der Waals surface area contributed by atoms with Crippen LogP contribution in [0, 0.1) is 5.82 Å². The summed E-state index contributed by atoms with van der Waals surface area (Å²) in [5.74, 6) is -2.45. The fourth-order valence-electron chi connectivity index (χ4n) is 4.75. The van der Waals surface area contributed by atoms with E-state index in [1.54, 1.807) is 6.07 Å². The highest BCUT2D eigenvalue weighted by Crippen LogP contribution is 2.34. The number of nitrogens with zero attached hydrogens (tertiary/aromatic N) is 5. The minimum absolute atomic E-state index is 0.00750. The van der Waals surface area contributed by atoms with Crippen molar-refractivity contribution in [1.82, 2.24) is 30.0 Å². The van der Waals surface area contributed by atoms with Crippen LogP contribution in [0.15, 0.2) is 24.3 Å². The van der Waals surface area contributed by atoms with Gasteiger partial charge in [0, 0.05) is 25.2 Å². The Bertz CT molecular complexity index is 1510. The number of imidazole rings is 1. The highest BCUT2D eigenvalue weighted by molar-refractivity contribution is 7.23. The first-order chi connectivity index (χ1) is 17.9. The first kappa shape index (κ1) is 24.4. The van der Waals surface area contributed by atoms with Crippen molar-refractivity contribution in [3.05, 3.63) is 50.8 Å². The van der Waals surface area contributed by atoms with Gasteiger partial charge in [0.1, 0.15) is 16.3 Å². The average molecular weight is 561 g/mol. The summed E-state index contributed by atoms with van der Waals surface area (Å²) in [6.45, 7) is 1.92. The Morgan fingerprint density at radius 2 is 1.92 bits per heavy atom. The van der Waals surface area contributed by atoms with Crippen molar-refractivity contribution >= 4 is 57.2 Å². The fourth-order valence-corrected chi connectivity index (χ4v) is 6.67. The molecule has 1 aromatic carbocycles. The van der Waals surface area contributed by atoms with Gasteiger partial charge in [0.15, 0.2) is 5.01 Å². The minimum Gasteiger partial charge on any atom is -0.478 e. The standard InChI is InChI=1S/C24H22ClFN6O3S2/c25-18-4-3-17(36-18)23-30-29-19(37-23)11-32-20-15(26)9-12(24(34)35)10-16(20)28-21(32)22(33)27-13-5-7-31(8-6-13)14-1-2-14/h3-4,9-10,13-14H,1-2,5-8,11H2,(H,27,33)(H,34,35). The summed E-state index contributed by atoms with van der Waals surface area (Å²) in [6, 6.07) is 6.53. The molecular weight excluding hydrogens is 539 g/mol. The van der Waals surface area contributed by atoms with Crippen LogP contribution in [0.1, 0.15) is 51.7 Å². The average Bonchev–Trinajstić information content (AvgIpc) is 3.27. The second-order valence-corrected chi connectivity index (χ2v) is 12.0. The maximum atomic E-state index is 15.2. The van der Waals surface area contributed by atoms with Crippen LogP contribution in [0.5, 0.6) is 0 Å². The van der Waals surface area contributed by atoms with Crippen molar-refractivity contribution in [3.8, 4) is 9.88 Å². The number of aromatic carboxylic acids is 1. The normalized spacial score (nSPS) is 16.9. The Morgan fingerprint density at radius 3 is 2.59 bits per heavy atom. The van der Waals surface area contributed by atoms with E-state index >= 15 is 4.39 Å². The van der Waals surface area contributed by atoms with Gasteiger partial charge >= 0.3 is 5.97 Å². The van der Waals surface area contributed by atoms with Crippen LogP contribution in [0.25, 0.3) is 20.9 Å². The summed E-state index contributed by atoms with van der Waals surface area (Å²) in [7, 11) is 0. The molecule has 1 aliphatic carbocycles. The van der Waals surface area contributed by atoms with Crippen molar-refractivity contribution in [2.45, 2.75) is 44.3 Å². The molecule has 3 aromatic heterocycles. The Kier molecular flexibility index (Phi) is 6.43. The largest absolute Gasteiger partial charge is 0.478 e. The van der Waals surface area contributed by atoms with Gasteiger partial charge < -0.3 is 19.9 Å². The van der Waals surface area contributed by atoms with Crippen LogP contribution in [0.3, 0.4) is 0 Å². The molecule has 1 aliphatic heterocycles. The van der Waals surface area contributed by atoms with Crippen molar-refractivity contribution in [2.75, 3.05) is 13.1 Å². The number of hydrogen-bond acceptors (Lipinski definition) is 8. The molecule has 9 nitrogen and oxygen atoms in total. The quantitative estimate of drug-likeness (QED) is 0.342. The third kappa shape index (κ3) is 4.98. The topological polar surface area (TPSA) is 113 Å². The molecule has 1 saturated carbocycles. The number of carboxylic acid groups (broad SMARTS) is 1. The molecule has 4 aromatic rings. The number of hydrogen-bond donors (Lipinski definition) is 2. The lowest BCUT2D eigenvalue weighted by atomic mass is 10.0. The summed E-state index contributed by atoms with van der Waals surface area (Å²) in [5, 5.41) is 22.1. The third-order valence-corrected chi connectivity index (χ3v) is 9.03. The maximum absolute atomic E-state index is 15.2. The summed E-state index contributed by atoms with van der Waals surface area (Å²) < 4.78 is 17.3. The number of halogens is 2. The van der Waals surface area contributed by atoms with E-state index in [4.69, 9.17) is 11.6 Å². The fraction of sp³-hybridized carbons (Fsp3) is 0.375. The van der Waals surface area contributed by atoms with Gasteiger partial charge in [-0.2, -0.15) is 0 Å². The summed E-state index contributed by atoms with van der Waals surface area (Å²) in [4.78, 5) is 32.6. The third-order valence-electron chi connectivity index (χ3n) is 6.72. The van der Waals surface area contributed by atoms with E-state index in [0.717, 1.165) is 36.9 Å². The Morgan fingerprint density at radius 1 is 1.14 bits per heavy atom. The van der Waals surface area contributed by atoms with Gasteiger partial charge in [-0.05, 0) is 49.9 Å². The molecular formula is C24H22ClFN6O3S2. The van der Waals surface area contributed by atoms with E-state index in [1.165, 1.54) is 46.1 Å². The van der Waals surface area contributed by atoms with Gasteiger partial charge in [0.25, 0.3) is 5.91 Å². The predicted octanol–water partition coefficient (Wildman–Crippen LogP) is 4.51. The molecule has 0 spiro atoms. The van der Waals surface area contributed by atoms with Crippen LogP contribution < -0.4 is 5.32 Å². The minimum atomic E-state index is -1.27. The van der Waals surface area contributed by atoms with Gasteiger partial charge in [-0.25, -0.2) is 14.2 Å². The number of fused-ring (bicyclic) bond motifs is 1. The summed E-state index contributed by atoms with van der Waals surface area (Å²) in [5.41, 5.74) is -0.0858. The number of thiophene rings is 1. The lowest BCUT2D eigenvalue weighted by Crippen LogP contribution is -2.45. The van der Waals surface area contributed by atoms with Crippen LogP contribution in [0.4, 0.5) is 4.39 Å². The number of carbonyl (C=O) groups is 2. The van der Waals surface area contributed by atoms with Crippen molar-refractivity contribution < 1.29 is 19.1 Å². The van der Waals surface area contributed by atoms with Crippen molar-refractivity contribution in [2.24, 2.45) is 0 Å². The monoisotopic (exact) mass is 560 g/mol. The van der Waals surface area contributed by atoms with Gasteiger partial charge in [0.2, 0.25) is 5.82 Å². The number of amides is 1. The van der Waals surface area contributed by atoms with Crippen LogP contribution in [0.2, 0.25) is 4.34 Å². The van der Waals surface area contributed by atoms with Gasteiger partial charge in [-0.15, -0.1) is 21.5 Å². The van der Waals surface area contributed by atoms with E-state index in [9.17, 15) is 14.7 Å². The number of aromatic nitrogens is 4. The zero-order valence-electron chi connectivity index (χ0n) is 19.5. The number of benzene rings is 1.